The van der Waals surface area contributed by atoms with Gasteiger partial charge in [0.1, 0.15) is 36.3 Å². The zero-order valence-electron chi connectivity index (χ0n) is 48.9. The summed E-state index contributed by atoms with van der Waals surface area (Å²) in [4.78, 5) is 158. The van der Waals surface area contributed by atoms with E-state index in [0.29, 0.717) is 0 Å². The van der Waals surface area contributed by atoms with Crippen LogP contribution in [0.25, 0.3) is 0 Å². The van der Waals surface area contributed by atoms with Crippen LogP contribution in [0.15, 0.2) is 73.6 Å². The van der Waals surface area contributed by atoms with Crippen molar-refractivity contribution in [3.05, 3.63) is 90.3 Å². The molecular weight excluding hydrogens is 1370 g/mol. The number of carbonyl (C=O) groups excluding carboxylic acids is 3. The number of carboxylic acid groups (broad SMARTS) is 15. The average molecular weight is 1450 g/mol. The van der Waals surface area contributed by atoms with Crippen LogP contribution in [0.5, 0.6) is 0 Å². The summed E-state index contributed by atoms with van der Waals surface area (Å²) in [6.07, 6.45) is 7.58. The number of hydrogen-bond acceptors (Lipinski definition) is 33. The predicted octanol–water partition coefficient (Wildman–Crippen LogP) is -8.80. The Balaban J connectivity index is -0.000000103. The Morgan fingerprint density at radius 1 is 0.340 bits per heavy atom. The van der Waals surface area contributed by atoms with Crippen molar-refractivity contribution >= 4 is 127 Å². The molecule has 3 rings (SSSR count). The molecule has 0 amide bonds. The van der Waals surface area contributed by atoms with E-state index in [-0.39, 0.29) is 109 Å². The fraction of sp³-hybridized carbons (Fsp3) is 0.375. The van der Waals surface area contributed by atoms with Crippen LogP contribution in [0.3, 0.4) is 0 Å². The number of aromatic nitrogens is 3. The van der Waals surface area contributed by atoms with Gasteiger partial charge in [-0.25, -0.2) is 0 Å². The summed E-state index contributed by atoms with van der Waals surface area (Å²) in [5.41, 5.74) is 43.9. The fourth-order valence-electron chi connectivity index (χ4n) is 2.89. The maximum absolute atomic E-state index is 10.0. The molecule has 3 heterocycles. The zero-order valence-corrected chi connectivity index (χ0v) is 52.8. The van der Waals surface area contributed by atoms with Crippen LogP contribution in [0.2, 0.25) is 0 Å². The van der Waals surface area contributed by atoms with Gasteiger partial charge in [0, 0.05) is 90.4 Å². The Morgan fingerprint density at radius 3 is 0.564 bits per heavy atom. The first-order valence-electron chi connectivity index (χ1n) is 24.4. The molecule has 0 aromatic carbocycles. The van der Waals surface area contributed by atoms with E-state index in [0.717, 1.165) is 0 Å². The number of rotatable bonds is 24. The third-order valence-electron chi connectivity index (χ3n) is 7.72. The maximum atomic E-state index is 10.0. The maximum Gasteiger partial charge on any atom is 3.00 e. The molecule has 30 N–H and O–H groups in total. The average Bonchev–Trinajstić information content (AvgIpc) is 2.42. The van der Waals surface area contributed by atoms with Gasteiger partial charge in [0.25, 0.3) is 0 Å². The van der Waals surface area contributed by atoms with E-state index in [1.54, 1.807) is 18.2 Å². The van der Waals surface area contributed by atoms with E-state index in [4.69, 9.17) is 95.7 Å². The molecule has 42 nitrogen and oxygen atoms in total. The van der Waals surface area contributed by atoms with Crippen LogP contribution in [0.1, 0.15) is 69.6 Å². The normalized spacial score (nSPS) is 10.7. The largest absolute Gasteiger partial charge is 3.00 e. The van der Waals surface area contributed by atoms with Crippen LogP contribution >= 0.6 is 37.9 Å². The van der Waals surface area contributed by atoms with E-state index in [1.165, 1.54) is 55.4 Å². The summed E-state index contributed by atoms with van der Waals surface area (Å²) in [7, 11) is 0. The third-order valence-corrected chi connectivity index (χ3v) is 8.90. The van der Waals surface area contributed by atoms with Gasteiger partial charge in [0.05, 0.1) is 37.5 Å². The summed E-state index contributed by atoms with van der Waals surface area (Å²) >= 11 is 10.9. The Labute approximate surface area is 559 Å². The van der Waals surface area contributed by atoms with Crippen LogP contribution in [-0.4, -0.2) is 239 Å². The van der Waals surface area contributed by atoms with Crippen LogP contribution in [-0.2, 0) is 74.9 Å². The number of aliphatic carboxylic acids is 12. The molecule has 0 aliphatic carbocycles. The second-order valence-electron chi connectivity index (χ2n) is 15.4. The smallest absolute Gasteiger partial charge is 0.545 e. The van der Waals surface area contributed by atoms with E-state index in [1.807, 2.05) is 0 Å². The van der Waals surface area contributed by atoms with Gasteiger partial charge >= 0.3 is 89.0 Å². The molecule has 0 aliphatic rings. The van der Waals surface area contributed by atoms with Gasteiger partial charge in [-0.1, -0.05) is 18.2 Å². The van der Waals surface area contributed by atoms with E-state index >= 15 is 0 Å². The Bertz CT molecular complexity index is 2360. The Hall–Kier alpha value is -9.28. The summed E-state index contributed by atoms with van der Waals surface area (Å²) in [5, 5.41) is 126. The molecule has 0 saturated carbocycles. The first kappa shape index (κ1) is 106. The molecule has 46 heteroatoms. The molecule has 6 atom stereocenters. The first-order chi connectivity index (χ1) is 42.9. The molecule has 0 saturated heterocycles. The number of thiol groups is 3. The number of hydrogen-bond donors (Lipinski definition) is 24. The minimum absolute atomic E-state index is 0. The van der Waals surface area contributed by atoms with Crippen molar-refractivity contribution < 1.29 is 166 Å². The predicted molar refractivity (Wildman–Crippen MR) is 322 cm³/mol. The van der Waals surface area contributed by atoms with Crippen LogP contribution < -0.4 is 66.9 Å². The molecule has 0 spiro atoms. The number of carbonyl (C=O) groups is 15. The third kappa shape index (κ3) is 91.5. The number of nitrogens with two attached hydrogens (primary N) is 9. The monoisotopic (exact) mass is 1450 g/mol. The number of aromatic carboxylic acids is 3. The molecule has 3 aromatic rings. The van der Waals surface area contributed by atoms with Crippen LogP contribution in [0, 0.1) is 0 Å². The van der Waals surface area contributed by atoms with Crippen LogP contribution in [0.4, 0.5) is 0 Å². The first-order valence-corrected chi connectivity index (χ1v) is 26.3. The van der Waals surface area contributed by atoms with Crippen molar-refractivity contribution in [1.29, 1.82) is 0 Å². The quantitative estimate of drug-likeness (QED) is 0.0370. The SMILES string of the molecule is NCC(=O)O.NCC(=O)O.NCC(=O)O.N[C@@H](CCC(=O)O)C(=O)O.N[C@@H](CCC(=O)O)C(=O)O.N[C@@H](CCC(=O)O)C(=O)O.N[C@@H](CS)C(=O)O.N[C@@H](CS)C(=O)O.N[C@@H](CS)C(=O)O.O=C([O-])c1cccnc1.O=C([O-])c1cccnc1.O=C([O-])c1cccnc1.[Cr+3]. The topological polar surface area (TPSA) is 841 Å². The van der Waals surface area contributed by atoms with Crippen molar-refractivity contribution in [3.63, 3.8) is 0 Å². The van der Waals surface area contributed by atoms with Crippen molar-refractivity contribution in [2.75, 3.05) is 36.9 Å². The van der Waals surface area contributed by atoms with Gasteiger partial charge in [-0.05, 0) is 37.5 Å². The summed E-state index contributed by atoms with van der Waals surface area (Å²) in [6.45, 7) is -0.833. The number of carboxylic acids is 15. The van der Waals surface area contributed by atoms with Gasteiger partial charge in [0.15, 0.2) is 0 Å². The standard InChI is InChI=1S/3C6H5NO2.3C5H9NO4.3C3H7NO2S.3C2H5NO2.Cr/c3*8-6(9)5-2-1-3-7-4-5;3*6-3(5(9)10)1-2-4(7)8;3*4-2(1-7)3(5)6;3*3-1-2(4)5;/h3*1-4H,(H,8,9);3*3H,1-2,6H2,(H,7,8)(H,9,10);3*2,7H,1,4H2,(H,5,6);3*1,3H2,(H,4,5);/q;;;;;;;;;;;;+3/p-3/t;;;3*3-;3*2-;;;;/m...000000..../s1. The second kappa shape index (κ2) is 71.2. The number of nitrogens with zero attached hydrogens (tertiary/aromatic N) is 3. The molecule has 3 aromatic heterocycles. The summed E-state index contributed by atoms with van der Waals surface area (Å²) < 4.78 is 0. The van der Waals surface area contributed by atoms with Gasteiger partial charge in [0.2, 0.25) is 0 Å². The molecule has 0 aliphatic heterocycles. The van der Waals surface area contributed by atoms with Crippen molar-refractivity contribution in [2.45, 2.75) is 74.8 Å². The molecular formula is C48H75CrN12O30S3. The minimum atomic E-state index is -1.19. The van der Waals surface area contributed by atoms with Gasteiger partial charge < -0.3 is 143 Å². The van der Waals surface area contributed by atoms with Crippen molar-refractivity contribution in [3.8, 4) is 0 Å². The van der Waals surface area contributed by atoms with Crippen molar-refractivity contribution in [2.24, 2.45) is 51.6 Å². The Kier molecular flexibility index (Phi) is 80.5. The molecule has 531 valence electrons. The molecule has 0 fully saturated rings. The minimum Gasteiger partial charge on any atom is -0.545 e. The van der Waals surface area contributed by atoms with E-state index < -0.39 is 126 Å². The Morgan fingerprint density at radius 2 is 0.500 bits per heavy atom. The molecule has 0 bridgehead atoms. The van der Waals surface area contributed by atoms with Gasteiger partial charge in [-0.15, -0.1) is 0 Å². The summed E-state index contributed by atoms with van der Waals surface area (Å²) in [5.74, 6) is -15.5. The molecule has 94 heavy (non-hydrogen) atoms. The van der Waals surface area contributed by atoms with E-state index in [2.05, 4.69) is 70.0 Å². The zero-order chi connectivity index (χ0) is 74.9. The number of pyridine rings is 3. The van der Waals surface area contributed by atoms with E-state index in [9.17, 15) is 87.2 Å². The second-order valence-corrected chi connectivity index (χ2v) is 16.5. The molecule has 0 unspecified atom stereocenters. The van der Waals surface area contributed by atoms with Crippen molar-refractivity contribution in [1.82, 2.24) is 15.0 Å². The fourth-order valence-corrected chi connectivity index (χ4v) is 3.36. The van der Waals surface area contributed by atoms with Gasteiger partial charge in [-0.2, -0.15) is 37.9 Å². The summed E-state index contributed by atoms with van der Waals surface area (Å²) in [6, 6.07) is 3.31. The molecule has 1 radical (unpaired) electrons. The van der Waals surface area contributed by atoms with Gasteiger partial charge in [-0.3, -0.25) is 72.5 Å².